The second kappa shape index (κ2) is 15.0. The summed E-state index contributed by atoms with van der Waals surface area (Å²) in [6, 6.07) is 20.9. The van der Waals surface area contributed by atoms with Gasteiger partial charge < -0.3 is 20.1 Å². The highest BCUT2D eigenvalue weighted by Gasteiger charge is 2.33. The number of carbonyl (C=O) groups excluding carboxylic acids is 2. The molecule has 1 saturated carbocycles. The average molecular weight is 589 g/mol. The highest BCUT2D eigenvalue weighted by atomic mass is 19.1. The number of halogens is 1. The van der Waals surface area contributed by atoms with Gasteiger partial charge in [0.15, 0.2) is 0 Å². The third-order valence-corrected chi connectivity index (χ3v) is 8.05. The Morgan fingerprint density at radius 1 is 0.930 bits per heavy atom. The fourth-order valence-electron chi connectivity index (χ4n) is 5.11. The van der Waals surface area contributed by atoms with Crippen LogP contribution in [0.25, 0.3) is 0 Å². The number of hydrogen-bond acceptors (Lipinski definition) is 4. The molecule has 7 heteroatoms. The Hall–Kier alpha value is -3.87. The van der Waals surface area contributed by atoms with Crippen LogP contribution < -0.4 is 20.1 Å². The van der Waals surface area contributed by atoms with Crippen LogP contribution in [-0.2, 0) is 11.2 Å². The van der Waals surface area contributed by atoms with Crippen molar-refractivity contribution in [3.63, 3.8) is 0 Å². The number of anilines is 1. The molecule has 2 amide bonds. The molecule has 0 radical (unpaired) electrons. The molecule has 43 heavy (non-hydrogen) atoms. The van der Waals surface area contributed by atoms with Crippen LogP contribution in [0, 0.1) is 35.4 Å². The number of hydrogen-bond donors (Lipinski definition) is 2. The summed E-state index contributed by atoms with van der Waals surface area (Å²) in [6.07, 6.45) is 2.33. The molecule has 0 spiro atoms. The number of carbonyl (C=O) groups is 2. The van der Waals surface area contributed by atoms with Crippen LogP contribution >= 0.6 is 0 Å². The molecule has 0 saturated heterocycles. The molecule has 0 bridgehead atoms. The van der Waals surface area contributed by atoms with Gasteiger partial charge in [-0.05, 0) is 84.9 Å². The molecule has 0 aromatic heterocycles. The van der Waals surface area contributed by atoms with E-state index in [1.807, 2.05) is 43.3 Å². The number of amides is 2. The smallest absolute Gasteiger partial charge is 0.251 e. The maximum atomic E-state index is 13.8. The summed E-state index contributed by atoms with van der Waals surface area (Å²) in [6.45, 7) is 11.5. The van der Waals surface area contributed by atoms with Crippen molar-refractivity contribution in [1.29, 1.82) is 0 Å². The van der Waals surface area contributed by atoms with Crippen molar-refractivity contribution in [2.45, 2.75) is 59.9 Å². The topological polar surface area (TPSA) is 76.7 Å². The minimum Gasteiger partial charge on any atom is -0.493 e. The van der Waals surface area contributed by atoms with Crippen LogP contribution in [0.2, 0.25) is 0 Å². The van der Waals surface area contributed by atoms with Crippen molar-refractivity contribution < 1.29 is 23.5 Å². The quantitative estimate of drug-likeness (QED) is 0.192. The van der Waals surface area contributed by atoms with E-state index in [2.05, 4.69) is 38.3 Å². The Balaban J connectivity index is 1.48. The number of benzene rings is 3. The zero-order chi connectivity index (χ0) is 30.9. The van der Waals surface area contributed by atoms with Gasteiger partial charge in [0.05, 0.1) is 13.2 Å². The minimum atomic E-state index is -0.354. The van der Waals surface area contributed by atoms with E-state index in [-0.39, 0.29) is 35.5 Å². The van der Waals surface area contributed by atoms with Crippen LogP contribution in [0.3, 0.4) is 0 Å². The van der Waals surface area contributed by atoms with E-state index >= 15 is 0 Å². The van der Waals surface area contributed by atoms with Gasteiger partial charge in [-0.1, -0.05) is 65.0 Å². The first-order valence-corrected chi connectivity index (χ1v) is 15.4. The highest BCUT2D eigenvalue weighted by Crippen LogP contribution is 2.38. The van der Waals surface area contributed by atoms with E-state index in [0.717, 1.165) is 12.0 Å². The summed E-state index contributed by atoms with van der Waals surface area (Å²) in [4.78, 5) is 26.7. The molecule has 2 unspecified atom stereocenters. The second-order valence-electron chi connectivity index (χ2n) is 12.6. The van der Waals surface area contributed by atoms with Gasteiger partial charge in [0.2, 0.25) is 5.91 Å². The van der Waals surface area contributed by atoms with Crippen LogP contribution in [0.1, 0.15) is 63.4 Å². The summed E-state index contributed by atoms with van der Waals surface area (Å²) in [5.41, 5.74) is 2.13. The average Bonchev–Trinajstić information content (AvgIpc) is 3.70. The summed E-state index contributed by atoms with van der Waals surface area (Å²) < 4.78 is 25.4. The zero-order valence-corrected chi connectivity index (χ0v) is 25.9. The molecule has 1 aliphatic carbocycles. The summed E-state index contributed by atoms with van der Waals surface area (Å²) >= 11 is 0. The lowest BCUT2D eigenvalue weighted by Gasteiger charge is -2.27. The summed E-state index contributed by atoms with van der Waals surface area (Å²) in [5.74, 6) is 1.74. The first-order chi connectivity index (χ1) is 20.6. The molecular formula is C36H45FN2O4. The van der Waals surface area contributed by atoms with E-state index in [1.165, 1.54) is 12.1 Å². The maximum absolute atomic E-state index is 13.8. The number of ether oxygens (including phenoxy) is 2. The molecular weight excluding hydrogens is 543 g/mol. The lowest BCUT2D eigenvalue weighted by Crippen LogP contribution is -2.42. The van der Waals surface area contributed by atoms with Crippen LogP contribution in [0.4, 0.5) is 10.1 Å². The van der Waals surface area contributed by atoms with Gasteiger partial charge >= 0.3 is 0 Å². The largest absolute Gasteiger partial charge is 0.493 e. The molecule has 5 atom stereocenters. The van der Waals surface area contributed by atoms with Gasteiger partial charge in [-0.25, -0.2) is 4.39 Å². The first-order valence-electron chi connectivity index (χ1n) is 15.4. The van der Waals surface area contributed by atoms with E-state index < -0.39 is 0 Å². The molecule has 1 aliphatic rings. The first kappa shape index (κ1) is 32.1. The normalized spacial score (nSPS) is 17.9. The van der Waals surface area contributed by atoms with Crippen molar-refractivity contribution in [3.8, 4) is 11.5 Å². The summed E-state index contributed by atoms with van der Waals surface area (Å²) in [7, 11) is 0. The van der Waals surface area contributed by atoms with Crippen LogP contribution in [-0.4, -0.2) is 31.1 Å². The van der Waals surface area contributed by atoms with Crippen LogP contribution in [0.5, 0.6) is 11.5 Å². The zero-order valence-electron chi connectivity index (χ0n) is 25.9. The minimum absolute atomic E-state index is 0.0226. The van der Waals surface area contributed by atoms with Crippen molar-refractivity contribution in [3.05, 3.63) is 89.7 Å². The lowest BCUT2D eigenvalue weighted by molar-refractivity contribution is -0.119. The standard InChI is InChI=1S/C36H45FN2O4/c1-23(2)21-42-32-18-28(19-33(20-32)43-22-29-16-24(29)3)36(41)39-34(17-27-9-7-6-8-10-27)25(4)15-26(5)35(40)38-31-13-11-30(37)12-14-31/h6-14,18-20,23-26,29,34H,15-17,21-22H2,1-5H3,(H,38,40)(H,39,41)/t24?,25-,26+,29?,34-/m0/s1. The molecule has 0 heterocycles. The van der Waals surface area contributed by atoms with Gasteiger partial charge in [-0.2, -0.15) is 0 Å². The van der Waals surface area contributed by atoms with Crippen molar-refractivity contribution in [2.24, 2.45) is 29.6 Å². The number of nitrogens with one attached hydrogen (secondary N) is 2. The molecule has 230 valence electrons. The van der Waals surface area contributed by atoms with E-state index in [4.69, 9.17) is 9.47 Å². The second-order valence-corrected chi connectivity index (χ2v) is 12.6. The Morgan fingerprint density at radius 2 is 1.58 bits per heavy atom. The Labute approximate surface area is 255 Å². The van der Waals surface area contributed by atoms with Crippen molar-refractivity contribution in [1.82, 2.24) is 5.32 Å². The molecule has 3 aromatic carbocycles. The van der Waals surface area contributed by atoms with E-state index in [0.29, 0.717) is 66.6 Å². The van der Waals surface area contributed by atoms with Gasteiger partial charge in [0, 0.05) is 29.3 Å². The molecule has 4 rings (SSSR count). The van der Waals surface area contributed by atoms with E-state index in [9.17, 15) is 14.0 Å². The van der Waals surface area contributed by atoms with Crippen molar-refractivity contribution in [2.75, 3.05) is 18.5 Å². The Bertz CT molecular complexity index is 1350. The molecule has 6 nitrogen and oxygen atoms in total. The predicted octanol–water partition coefficient (Wildman–Crippen LogP) is 7.54. The van der Waals surface area contributed by atoms with E-state index in [1.54, 1.807) is 24.3 Å². The predicted molar refractivity (Wildman–Crippen MR) is 169 cm³/mol. The van der Waals surface area contributed by atoms with Gasteiger partial charge in [-0.15, -0.1) is 0 Å². The highest BCUT2D eigenvalue weighted by molar-refractivity contribution is 5.95. The lowest BCUT2D eigenvalue weighted by atomic mass is 9.87. The molecule has 0 aliphatic heterocycles. The fraction of sp³-hybridized carbons (Fsp3) is 0.444. The fourth-order valence-corrected chi connectivity index (χ4v) is 5.11. The monoisotopic (exact) mass is 588 g/mol. The Kier molecular flexibility index (Phi) is 11.2. The maximum Gasteiger partial charge on any atom is 0.251 e. The van der Waals surface area contributed by atoms with Crippen molar-refractivity contribution >= 4 is 17.5 Å². The number of rotatable bonds is 15. The molecule has 1 fully saturated rings. The van der Waals surface area contributed by atoms with Crippen LogP contribution in [0.15, 0.2) is 72.8 Å². The van der Waals surface area contributed by atoms with Gasteiger partial charge in [-0.3, -0.25) is 9.59 Å². The van der Waals surface area contributed by atoms with Gasteiger partial charge in [0.25, 0.3) is 5.91 Å². The molecule has 3 aromatic rings. The summed E-state index contributed by atoms with van der Waals surface area (Å²) in [5, 5.41) is 6.13. The third-order valence-electron chi connectivity index (χ3n) is 8.05. The SMILES string of the molecule is CC(C)COc1cc(OCC2CC2C)cc(C(=O)N[C@@H](Cc2ccccc2)[C@@H](C)C[C@@H](C)C(=O)Nc2ccc(F)cc2)c1. The molecule has 2 N–H and O–H groups in total. The van der Waals surface area contributed by atoms with Gasteiger partial charge in [0.1, 0.15) is 17.3 Å². The Morgan fingerprint density at radius 3 is 2.21 bits per heavy atom. The third kappa shape index (κ3) is 10.1.